The summed E-state index contributed by atoms with van der Waals surface area (Å²) in [4.78, 5) is 0. The average Bonchev–Trinajstić information content (AvgIpc) is 3.31. The van der Waals surface area contributed by atoms with Crippen molar-refractivity contribution < 1.29 is 0 Å². The highest BCUT2D eigenvalue weighted by Gasteiger charge is 2.47. The zero-order valence-corrected chi connectivity index (χ0v) is 13.1. The fourth-order valence-electron chi connectivity index (χ4n) is 2.97. The van der Waals surface area contributed by atoms with Gasteiger partial charge in [0.25, 0.3) is 0 Å². The van der Waals surface area contributed by atoms with E-state index in [4.69, 9.17) is 0 Å². The first kappa shape index (κ1) is 14.1. The van der Waals surface area contributed by atoms with Crippen molar-refractivity contribution in [2.24, 2.45) is 0 Å². The van der Waals surface area contributed by atoms with Gasteiger partial charge in [-0.3, -0.25) is 4.48 Å². The van der Waals surface area contributed by atoms with Crippen molar-refractivity contribution in [1.29, 1.82) is 0 Å². The third-order valence-electron chi connectivity index (χ3n) is 4.64. The molecular formula is C20H24N+. The summed E-state index contributed by atoms with van der Waals surface area (Å²) in [5.41, 5.74) is 6.78. The average molecular weight is 278 g/mol. The Morgan fingerprint density at radius 1 is 0.952 bits per heavy atom. The lowest BCUT2D eigenvalue weighted by Crippen LogP contribution is -2.25. The van der Waals surface area contributed by atoms with Gasteiger partial charge in [0.05, 0.1) is 0 Å². The molecule has 0 aromatic heterocycles. The predicted molar refractivity (Wildman–Crippen MR) is 91.4 cm³/mol. The molecule has 0 bridgehead atoms. The molecule has 0 atom stereocenters. The van der Waals surface area contributed by atoms with E-state index in [2.05, 4.69) is 69.0 Å². The standard InChI is InChI=1S/C20H24N/c1-4-18-9-11-20(12-10-18)21(13-14-21)17(3)15-19-7-5-16(2)6-8-19/h5-12H,3-4,13-15H2,1-2H3/q+1. The first-order chi connectivity index (χ1) is 10.1. The molecule has 1 heterocycles. The summed E-state index contributed by atoms with van der Waals surface area (Å²) in [6, 6.07) is 17.9. The van der Waals surface area contributed by atoms with E-state index in [9.17, 15) is 0 Å². The van der Waals surface area contributed by atoms with E-state index >= 15 is 0 Å². The van der Waals surface area contributed by atoms with Crippen molar-refractivity contribution >= 4 is 5.69 Å². The molecule has 0 radical (unpaired) electrons. The lowest BCUT2D eigenvalue weighted by atomic mass is 10.1. The molecule has 2 aromatic rings. The number of quaternary nitrogens is 1. The Labute approximate surface area is 128 Å². The van der Waals surface area contributed by atoms with E-state index in [1.165, 1.54) is 41.2 Å². The van der Waals surface area contributed by atoms with Crippen LogP contribution in [0, 0.1) is 6.92 Å². The van der Waals surface area contributed by atoms with Crippen molar-refractivity contribution in [3.63, 3.8) is 0 Å². The Hall–Kier alpha value is -1.86. The van der Waals surface area contributed by atoms with Gasteiger partial charge in [-0.25, -0.2) is 0 Å². The number of hydrogen-bond donors (Lipinski definition) is 0. The molecule has 0 N–H and O–H groups in total. The van der Waals surface area contributed by atoms with Crippen LogP contribution in [-0.2, 0) is 12.8 Å². The molecule has 0 amide bonds. The first-order valence-electron chi connectivity index (χ1n) is 7.84. The lowest BCUT2D eigenvalue weighted by Gasteiger charge is -2.20. The minimum atomic E-state index is 0.968. The molecule has 1 aliphatic heterocycles. The lowest BCUT2D eigenvalue weighted by molar-refractivity contribution is 0.642. The normalized spacial score (nSPS) is 15.7. The quantitative estimate of drug-likeness (QED) is 0.552. The van der Waals surface area contributed by atoms with Crippen LogP contribution in [0.4, 0.5) is 5.69 Å². The zero-order chi connectivity index (χ0) is 14.9. The van der Waals surface area contributed by atoms with E-state index in [1.807, 2.05) is 0 Å². The highest BCUT2D eigenvalue weighted by Crippen LogP contribution is 2.38. The second-order valence-electron chi connectivity index (χ2n) is 6.16. The first-order valence-corrected chi connectivity index (χ1v) is 7.84. The van der Waals surface area contributed by atoms with Gasteiger partial charge in [0.1, 0.15) is 24.5 Å². The van der Waals surface area contributed by atoms with Crippen LogP contribution in [0.3, 0.4) is 0 Å². The molecule has 0 saturated carbocycles. The van der Waals surface area contributed by atoms with Crippen LogP contribution in [0.2, 0.25) is 0 Å². The summed E-state index contributed by atoms with van der Waals surface area (Å²) in [5.74, 6) is 0. The van der Waals surface area contributed by atoms with E-state index in [-0.39, 0.29) is 0 Å². The summed E-state index contributed by atoms with van der Waals surface area (Å²) >= 11 is 0. The Kier molecular flexibility index (Phi) is 3.69. The summed E-state index contributed by atoms with van der Waals surface area (Å²) in [6.07, 6.45) is 2.07. The molecular weight excluding hydrogens is 254 g/mol. The molecule has 1 saturated heterocycles. The summed E-state index contributed by atoms with van der Waals surface area (Å²) in [5, 5.41) is 0. The van der Waals surface area contributed by atoms with Gasteiger partial charge in [-0.05, 0) is 43.2 Å². The van der Waals surface area contributed by atoms with Crippen LogP contribution in [0.15, 0.2) is 60.8 Å². The van der Waals surface area contributed by atoms with Gasteiger partial charge in [0, 0.05) is 6.42 Å². The smallest absolute Gasteiger partial charge is 0.139 e. The third kappa shape index (κ3) is 2.79. The van der Waals surface area contributed by atoms with E-state index in [0.29, 0.717) is 0 Å². The molecule has 0 aliphatic carbocycles. The van der Waals surface area contributed by atoms with Crippen molar-refractivity contribution in [2.45, 2.75) is 26.7 Å². The minimum absolute atomic E-state index is 0.968. The number of rotatable bonds is 5. The number of allylic oxidation sites excluding steroid dienone is 1. The van der Waals surface area contributed by atoms with Gasteiger partial charge >= 0.3 is 0 Å². The fraction of sp³-hybridized carbons (Fsp3) is 0.300. The second kappa shape index (κ2) is 5.50. The van der Waals surface area contributed by atoms with Crippen LogP contribution in [-0.4, -0.2) is 13.1 Å². The van der Waals surface area contributed by atoms with Crippen molar-refractivity contribution in [2.75, 3.05) is 13.1 Å². The maximum atomic E-state index is 4.40. The highest BCUT2D eigenvalue weighted by molar-refractivity contribution is 5.53. The van der Waals surface area contributed by atoms with E-state index < -0.39 is 0 Å². The van der Waals surface area contributed by atoms with Crippen LogP contribution in [0.25, 0.3) is 0 Å². The highest BCUT2D eigenvalue weighted by atomic mass is 15.5. The predicted octanol–water partition coefficient (Wildman–Crippen LogP) is 4.63. The Morgan fingerprint density at radius 2 is 1.52 bits per heavy atom. The van der Waals surface area contributed by atoms with Crippen molar-refractivity contribution in [3.05, 3.63) is 77.5 Å². The maximum absolute atomic E-state index is 4.40. The van der Waals surface area contributed by atoms with Gasteiger partial charge in [0.15, 0.2) is 0 Å². The molecule has 1 heteroatoms. The van der Waals surface area contributed by atoms with Gasteiger partial charge in [-0.15, -0.1) is 0 Å². The molecule has 21 heavy (non-hydrogen) atoms. The number of aryl methyl sites for hydroxylation is 2. The molecule has 2 aromatic carbocycles. The van der Waals surface area contributed by atoms with Gasteiger partial charge in [0.2, 0.25) is 0 Å². The maximum Gasteiger partial charge on any atom is 0.139 e. The van der Waals surface area contributed by atoms with Crippen LogP contribution < -0.4 is 4.48 Å². The third-order valence-corrected chi connectivity index (χ3v) is 4.64. The molecule has 1 fully saturated rings. The van der Waals surface area contributed by atoms with E-state index in [0.717, 1.165) is 17.3 Å². The molecule has 108 valence electrons. The summed E-state index contributed by atoms with van der Waals surface area (Å²) < 4.78 is 0.970. The second-order valence-corrected chi connectivity index (χ2v) is 6.16. The zero-order valence-electron chi connectivity index (χ0n) is 13.1. The Balaban J connectivity index is 1.78. The number of benzene rings is 2. The molecule has 3 rings (SSSR count). The largest absolute Gasteiger partial charge is 0.253 e. The Bertz CT molecular complexity index is 631. The Morgan fingerprint density at radius 3 is 2.05 bits per heavy atom. The van der Waals surface area contributed by atoms with Crippen LogP contribution in [0.5, 0.6) is 0 Å². The van der Waals surface area contributed by atoms with Gasteiger partial charge < -0.3 is 0 Å². The summed E-state index contributed by atoms with van der Waals surface area (Å²) in [7, 11) is 0. The topological polar surface area (TPSA) is 0 Å². The monoisotopic (exact) mass is 278 g/mol. The number of nitrogens with zero attached hydrogens (tertiary/aromatic N) is 1. The van der Waals surface area contributed by atoms with E-state index in [1.54, 1.807) is 0 Å². The minimum Gasteiger partial charge on any atom is -0.253 e. The SMILES string of the molecule is C=C(Cc1ccc(C)cc1)[N+]1(c2ccc(CC)cc2)CC1. The van der Waals surface area contributed by atoms with Gasteiger partial charge in [-0.1, -0.05) is 48.9 Å². The van der Waals surface area contributed by atoms with Crippen LogP contribution >= 0.6 is 0 Å². The van der Waals surface area contributed by atoms with Crippen LogP contribution in [0.1, 0.15) is 23.6 Å². The molecule has 1 nitrogen and oxygen atoms in total. The van der Waals surface area contributed by atoms with Gasteiger partial charge in [-0.2, -0.15) is 0 Å². The molecule has 0 unspecified atom stereocenters. The van der Waals surface area contributed by atoms with Crippen molar-refractivity contribution in [1.82, 2.24) is 4.48 Å². The number of hydrogen-bond acceptors (Lipinski definition) is 0. The summed E-state index contributed by atoms with van der Waals surface area (Å²) in [6.45, 7) is 11.1. The fourth-order valence-corrected chi connectivity index (χ4v) is 2.97. The molecule has 1 aliphatic rings. The molecule has 0 spiro atoms. The van der Waals surface area contributed by atoms with Crippen molar-refractivity contribution in [3.8, 4) is 0 Å².